The largest absolute Gasteiger partial charge is 0.467 e. The summed E-state index contributed by atoms with van der Waals surface area (Å²) in [4.78, 5) is 0. The lowest BCUT2D eigenvalue weighted by molar-refractivity contribution is 0.284. The van der Waals surface area contributed by atoms with E-state index in [0.717, 1.165) is 17.6 Å². The molecule has 0 spiro atoms. The molecule has 0 aliphatic carbocycles. The summed E-state index contributed by atoms with van der Waals surface area (Å²) in [6.07, 6.45) is 1.13. The van der Waals surface area contributed by atoms with Crippen LogP contribution < -0.4 is 10.5 Å². The average Bonchev–Trinajstić information content (AvgIpc) is 2.49. The highest BCUT2D eigenvalue weighted by Gasteiger charge is 2.10. The number of likely N-dealkylation sites (N-methyl/N-ethyl adjacent to an activating group) is 1. The second kappa shape index (κ2) is 4.73. The summed E-state index contributed by atoms with van der Waals surface area (Å²) in [7, 11) is -1.68. The summed E-state index contributed by atoms with van der Waals surface area (Å²) in [6, 6.07) is 0. The van der Waals surface area contributed by atoms with Crippen LogP contribution in [0.3, 0.4) is 0 Å². The van der Waals surface area contributed by atoms with Gasteiger partial charge in [0.15, 0.2) is 0 Å². The van der Waals surface area contributed by atoms with E-state index in [2.05, 4.69) is 10.2 Å². The van der Waals surface area contributed by atoms with E-state index in [1.54, 1.807) is 0 Å². The zero-order valence-electron chi connectivity index (χ0n) is 8.37. The zero-order valence-corrected chi connectivity index (χ0v) is 10.0. The first-order chi connectivity index (χ1) is 6.89. The van der Waals surface area contributed by atoms with Gasteiger partial charge in [-0.1, -0.05) is 5.10 Å². The molecule has 86 valence electrons. The molecule has 7 nitrogen and oxygen atoms in total. The fourth-order valence-corrected chi connectivity index (χ4v) is 1.60. The molecule has 0 saturated heterocycles. The minimum absolute atomic E-state index is 0.220. The van der Waals surface area contributed by atoms with Crippen molar-refractivity contribution < 1.29 is 13.2 Å². The minimum atomic E-state index is -3.16. The quantitative estimate of drug-likeness (QED) is 0.750. The number of aromatic nitrogens is 2. The molecule has 9 heteroatoms. The lowest BCUT2D eigenvalue weighted by Crippen LogP contribution is -2.29. The standard InChI is InChI=1S/C6H12N4O3S2/c1-10(15(2,11)12)3-4-13-6-9-8-5(7)14-6/h3-4H2,1-2H3,(H2,7,8). The van der Waals surface area contributed by atoms with Gasteiger partial charge in [0, 0.05) is 13.6 Å². The van der Waals surface area contributed by atoms with Gasteiger partial charge >= 0.3 is 0 Å². The first-order valence-corrected chi connectivity index (χ1v) is 6.69. The molecule has 0 atom stereocenters. The van der Waals surface area contributed by atoms with Crippen LogP contribution in [0.25, 0.3) is 0 Å². The van der Waals surface area contributed by atoms with Gasteiger partial charge in [0.05, 0.1) is 6.26 Å². The summed E-state index contributed by atoms with van der Waals surface area (Å²) in [5.41, 5.74) is 5.34. The van der Waals surface area contributed by atoms with Gasteiger partial charge in [-0.3, -0.25) is 0 Å². The van der Waals surface area contributed by atoms with Crippen LogP contribution in [0, 0.1) is 0 Å². The number of hydrogen-bond acceptors (Lipinski definition) is 7. The molecule has 0 unspecified atom stereocenters. The molecule has 0 aliphatic heterocycles. The fraction of sp³-hybridized carbons (Fsp3) is 0.667. The molecule has 0 radical (unpaired) electrons. The summed E-state index contributed by atoms with van der Waals surface area (Å²) < 4.78 is 28.3. The fourth-order valence-electron chi connectivity index (χ4n) is 0.706. The van der Waals surface area contributed by atoms with Crippen LogP contribution in [0.15, 0.2) is 0 Å². The van der Waals surface area contributed by atoms with Gasteiger partial charge in [0.2, 0.25) is 15.2 Å². The van der Waals surface area contributed by atoms with Gasteiger partial charge in [0.1, 0.15) is 6.61 Å². The number of nitrogens with zero attached hydrogens (tertiary/aromatic N) is 3. The highest BCUT2D eigenvalue weighted by molar-refractivity contribution is 7.88. The Labute approximate surface area is 91.9 Å². The Bertz CT molecular complexity index is 416. The van der Waals surface area contributed by atoms with E-state index in [1.807, 2.05) is 0 Å². The molecule has 0 bridgehead atoms. The third kappa shape index (κ3) is 3.98. The molecule has 1 aromatic heterocycles. The normalized spacial score (nSPS) is 11.9. The predicted molar refractivity (Wildman–Crippen MR) is 57.3 cm³/mol. The number of hydrogen-bond donors (Lipinski definition) is 1. The molecule has 1 aromatic rings. The molecular formula is C6H12N4O3S2. The maximum Gasteiger partial charge on any atom is 0.295 e. The molecule has 1 rings (SSSR count). The van der Waals surface area contributed by atoms with Gasteiger partial charge in [0.25, 0.3) is 5.19 Å². The van der Waals surface area contributed by atoms with Crippen molar-refractivity contribution in [1.29, 1.82) is 0 Å². The summed E-state index contributed by atoms with van der Waals surface area (Å²) >= 11 is 1.11. The van der Waals surface area contributed by atoms with Crippen molar-refractivity contribution >= 4 is 26.5 Å². The van der Waals surface area contributed by atoms with Crippen molar-refractivity contribution in [3.63, 3.8) is 0 Å². The number of anilines is 1. The highest BCUT2D eigenvalue weighted by Crippen LogP contribution is 2.18. The number of ether oxygens (including phenoxy) is 1. The Morgan fingerprint density at radius 3 is 2.67 bits per heavy atom. The van der Waals surface area contributed by atoms with Crippen LogP contribution in [-0.4, -0.2) is 49.4 Å². The molecule has 1 heterocycles. The molecular weight excluding hydrogens is 240 g/mol. The third-order valence-electron chi connectivity index (χ3n) is 1.62. The number of nitrogens with two attached hydrogens (primary N) is 1. The van der Waals surface area contributed by atoms with E-state index in [1.165, 1.54) is 11.4 Å². The second-order valence-electron chi connectivity index (χ2n) is 2.84. The van der Waals surface area contributed by atoms with E-state index < -0.39 is 10.0 Å². The van der Waals surface area contributed by atoms with Gasteiger partial charge in [-0.15, -0.1) is 5.10 Å². The van der Waals surface area contributed by atoms with E-state index in [9.17, 15) is 8.42 Å². The van der Waals surface area contributed by atoms with Crippen molar-refractivity contribution in [3.8, 4) is 5.19 Å². The smallest absolute Gasteiger partial charge is 0.295 e. The Kier molecular flexibility index (Phi) is 3.83. The van der Waals surface area contributed by atoms with Crippen LogP contribution in [0.1, 0.15) is 0 Å². The van der Waals surface area contributed by atoms with Crippen molar-refractivity contribution in [2.75, 3.05) is 32.2 Å². The molecule has 0 fully saturated rings. The van der Waals surface area contributed by atoms with Gasteiger partial charge < -0.3 is 10.5 Å². The van der Waals surface area contributed by atoms with E-state index in [0.29, 0.717) is 10.3 Å². The zero-order chi connectivity index (χ0) is 11.5. The van der Waals surface area contributed by atoms with E-state index in [-0.39, 0.29) is 13.2 Å². The number of sulfonamides is 1. The van der Waals surface area contributed by atoms with Crippen molar-refractivity contribution in [3.05, 3.63) is 0 Å². The average molecular weight is 252 g/mol. The van der Waals surface area contributed by atoms with Crippen LogP contribution >= 0.6 is 11.3 Å². The summed E-state index contributed by atoms with van der Waals surface area (Å²) in [5, 5.41) is 7.84. The first kappa shape index (κ1) is 12.1. The maximum absolute atomic E-state index is 11.0. The van der Waals surface area contributed by atoms with E-state index >= 15 is 0 Å². The highest BCUT2D eigenvalue weighted by atomic mass is 32.2. The van der Waals surface area contributed by atoms with Crippen LogP contribution in [0.4, 0.5) is 5.13 Å². The Morgan fingerprint density at radius 2 is 2.20 bits per heavy atom. The lowest BCUT2D eigenvalue weighted by atomic mass is 10.7. The molecule has 15 heavy (non-hydrogen) atoms. The van der Waals surface area contributed by atoms with Crippen LogP contribution in [-0.2, 0) is 10.0 Å². The number of rotatable bonds is 5. The topological polar surface area (TPSA) is 98.4 Å². The van der Waals surface area contributed by atoms with Crippen molar-refractivity contribution in [2.24, 2.45) is 0 Å². The summed E-state index contributed by atoms with van der Waals surface area (Å²) in [6.45, 7) is 0.483. The summed E-state index contributed by atoms with van der Waals surface area (Å²) in [5.74, 6) is 0. The first-order valence-electron chi connectivity index (χ1n) is 4.02. The predicted octanol–water partition coefficient (Wildman–Crippen LogP) is -0.609. The Morgan fingerprint density at radius 1 is 1.53 bits per heavy atom. The van der Waals surface area contributed by atoms with Crippen LogP contribution in [0.5, 0.6) is 5.19 Å². The van der Waals surface area contributed by atoms with Gasteiger partial charge in [-0.2, -0.15) is 0 Å². The van der Waals surface area contributed by atoms with E-state index in [4.69, 9.17) is 10.5 Å². The minimum Gasteiger partial charge on any atom is -0.467 e. The van der Waals surface area contributed by atoms with Gasteiger partial charge in [-0.05, 0) is 11.3 Å². The lowest BCUT2D eigenvalue weighted by Gasteiger charge is -2.12. The molecule has 0 aliphatic rings. The SMILES string of the molecule is CN(CCOc1nnc(N)s1)S(C)(=O)=O. The van der Waals surface area contributed by atoms with Crippen LogP contribution in [0.2, 0.25) is 0 Å². The second-order valence-corrected chi connectivity index (χ2v) is 5.90. The Balaban J connectivity index is 2.34. The molecule has 0 aromatic carbocycles. The molecule has 2 N–H and O–H groups in total. The van der Waals surface area contributed by atoms with Gasteiger partial charge in [-0.25, -0.2) is 12.7 Å². The monoisotopic (exact) mass is 252 g/mol. The maximum atomic E-state index is 11.0. The molecule has 0 amide bonds. The third-order valence-corrected chi connectivity index (χ3v) is 3.60. The van der Waals surface area contributed by atoms with Crippen molar-refractivity contribution in [1.82, 2.24) is 14.5 Å². The molecule has 0 saturated carbocycles. The van der Waals surface area contributed by atoms with Crippen molar-refractivity contribution in [2.45, 2.75) is 0 Å². The number of nitrogen functional groups attached to an aromatic ring is 1. The Hall–Kier alpha value is -0.930.